The summed E-state index contributed by atoms with van der Waals surface area (Å²) in [4.78, 5) is 4.64. The van der Waals surface area contributed by atoms with Gasteiger partial charge in [-0.15, -0.1) is 11.3 Å². The third-order valence-corrected chi connectivity index (χ3v) is 4.46. The first-order valence-corrected chi connectivity index (χ1v) is 7.53. The Morgan fingerprint density at radius 1 is 1.05 bits per heavy atom. The fourth-order valence-corrected chi connectivity index (χ4v) is 3.06. The summed E-state index contributed by atoms with van der Waals surface area (Å²) in [5, 5.41) is 9.78. The van der Waals surface area contributed by atoms with Gasteiger partial charge >= 0.3 is 0 Å². The van der Waals surface area contributed by atoms with Crippen LogP contribution in [-0.2, 0) is 0 Å². The highest BCUT2D eigenvalue weighted by Gasteiger charge is 2.03. The molecular weight excluding hydrogens is 276 g/mol. The van der Waals surface area contributed by atoms with E-state index in [0.717, 1.165) is 16.1 Å². The Kier molecular flexibility index (Phi) is 3.55. The number of rotatable bonds is 2. The van der Waals surface area contributed by atoms with E-state index in [9.17, 15) is 0 Å². The second-order valence-corrected chi connectivity index (χ2v) is 6.09. The molecule has 21 heavy (non-hydrogen) atoms. The van der Waals surface area contributed by atoms with Gasteiger partial charge in [-0.05, 0) is 60.9 Å². The number of fused-ring (bicyclic) bond motifs is 1. The lowest BCUT2D eigenvalue weighted by Crippen LogP contribution is -1.79. The quantitative estimate of drug-likeness (QED) is 0.669. The maximum absolute atomic E-state index is 8.79. The highest BCUT2D eigenvalue weighted by molar-refractivity contribution is 7.19. The molecule has 0 bridgehead atoms. The molecule has 0 spiro atoms. The predicted octanol–water partition coefficient (Wildman–Crippen LogP) is 4.96. The normalized spacial score (nSPS) is 11.1. The zero-order valence-electron chi connectivity index (χ0n) is 11.9. The van der Waals surface area contributed by atoms with Crippen LogP contribution in [0.5, 0.6) is 0 Å². The molecule has 0 amide bonds. The molecule has 102 valence electrons. The van der Waals surface area contributed by atoms with Crippen molar-refractivity contribution in [3.8, 4) is 6.07 Å². The van der Waals surface area contributed by atoms with Crippen molar-refractivity contribution < 1.29 is 0 Å². The number of nitriles is 1. The Hall–Kier alpha value is -2.44. The molecule has 0 saturated heterocycles. The Labute approximate surface area is 128 Å². The Balaban J connectivity index is 1.90. The molecule has 2 aromatic carbocycles. The summed E-state index contributed by atoms with van der Waals surface area (Å²) in [7, 11) is 0. The van der Waals surface area contributed by atoms with Crippen LogP contribution >= 0.6 is 11.3 Å². The lowest BCUT2D eigenvalue weighted by Gasteiger charge is -1.96. The Bertz CT molecular complexity index is 826. The van der Waals surface area contributed by atoms with E-state index in [-0.39, 0.29) is 0 Å². The number of hydrogen-bond acceptors (Lipinski definition) is 3. The molecule has 1 heterocycles. The highest BCUT2D eigenvalue weighted by Crippen LogP contribution is 2.26. The molecule has 0 saturated carbocycles. The van der Waals surface area contributed by atoms with Crippen LogP contribution in [0.15, 0.2) is 36.4 Å². The molecule has 0 aliphatic heterocycles. The summed E-state index contributed by atoms with van der Waals surface area (Å²) >= 11 is 1.70. The second kappa shape index (κ2) is 5.51. The zero-order valence-corrected chi connectivity index (χ0v) is 12.7. The van der Waals surface area contributed by atoms with Crippen molar-refractivity contribution in [2.45, 2.75) is 13.8 Å². The van der Waals surface area contributed by atoms with Gasteiger partial charge in [-0.2, -0.15) is 5.26 Å². The molecule has 0 atom stereocenters. The van der Waals surface area contributed by atoms with E-state index in [0.29, 0.717) is 5.56 Å². The van der Waals surface area contributed by atoms with E-state index >= 15 is 0 Å². The van der Waals surface area contributed by atoms with Gasteiger partial charge in [0.15, 0.2) is 0 Å². The molecule has 3 rings (SSSR count). The van der Waals surface area contributed by atoms with E-state index in [1.54, 1.807) is 11.3 Å². The van der Waals surface area contributed by atoms with Crippen molar-refractivity contribution in [3.05, 3.63) is 63.7 Å². The molecule has 0 fully saturated rings. The van der Waals surface area contributed by atoms with Crippen LogP contribution in [0.4, 0.5) is 0 Å². The molecular formula is C18H14N2S. The van der Waals surface area contributed by atoms with Gasteiger partial charge in [-0.25, -0.2) is 4.98 Å². The van der Waals surface area contributed by atoms with Crippen molar-refractivity contribution in [2.24, 2.45) is 0 Å². The largest absolute Gasteiger partial charge is 0.237 e. The molecule has 3 heteroatoms. The Morgan fingerprint density at radius 2 is 1.76 bits per heavy atom. The summed E-state index contributed by atoms with van der Waals surface area (Å²) in [5.41, 5.74) is 5.38. The fraction of sp³-hybridized carbons (Fsp3) is 0.111. The number of nitrogens with zero attached hydrogens (tertiary/aromatic N) is 2. The summed E-state index contributed by atoms with van der Waals surface area (Å²) in [5.74, 6) is 0. The highest BCUT2D eigenvalue weighted by atomic mass is 32.1. The van der Waals surface area contributed by atoms with Gasteiger partial charge < -0.3 is 0 Å². The van der Waals surface area contributed by atoms with Crippen LogP contribution in [0, 0.1) is 25.2 Å². The van der Waals surface area contributed by atoms with Gasteiger partial charge in [0.05, 0.1) is 21.8 Å². The molecule has 0 unspecified atom stereocenters. The zero-order chi connectivity index (χ0) is 14.8. The summed E-state index contributed by atoms with van der Waals surface area (Å²) in [6, 6.07) is 14.0. The monoisotopic (exact) mass is 290 g/mol. The number of benzene rings is 2. The number of aromatic nitrogens is 1. The molecule has 0 aliphatic carbocycles. The van der Waals surface area contributed by atoms with Crippen molar-refractivity contribution in [3.63, 3.8) is 0 Å². The van der Waals surface area contributed by atoms with Gasteiger partial charge in [0.1, 0.15) is 5.01 Å². The van der Waals surface area contributed by atoms with E-state index in [2.05, 4.69) is 37.0 Å². The SMILES string of the molecule is Cc1cc2nc(/C=C/c3ccc(C#N)cc3)sc2cc1C. The van der Waals surface area contributed by atoms with Gasteiger partial charge in [0.25, 0.3) is 0 Å². The van der Waals surface area contributed by atoms with Gasteiger partial charge in [0.2, 0.25) is 0 Å². The average molecular weight is 290 g/mol. The van der Waals surface area contributed by atoms with Gasteiger partial charge in [-0.3, -0.25) is 0 Å². The first-order chi connectivity index (χ1) is 10.2. The van der Waals surface area contributed by atoms with E-state index in [1.165, 1.54) is 15.8 Å². The maximum atomic E-state index is 8.79. The minimum absolute atomic E-state index is 0.679. The van der Waals surface area contributed by atoms with E-state index in [4.69, 9.17) is 5.26 Å². The standard InChI is InChI=1S/C18H14N2S/c1-12-9-16-17(10-13(12)2)21-18(20-16)8-7-14-3-5-15(11-19)6-4-14/h3-10H,1-2H3/b8-7+. The van der Waals surface area contributed by atoms with Crippen LogP contribution in [0.2, 0.25) is 0 Å². The van der Waals surface area contributed by atoms with E-state index < -0.39 is 0 Å². The predicted molar refractivity (Wildman–Crippen MR) is 89.2 cm³/mol. The minimum atomic E-state index is 0.679. The first-order valence-electron chi connectivity index (χ1n) is 6.72. The fourth-order valence-electron chi connectivity index (χ4n) is 2.11. The Morgan fingerprint density at radius 3 is 2.48 bits per heavy atom. The van der Waals surface area contributed by atoms with Crippen molar-refractivity contribution >= 4 is 33.7 Å². The van der Waals surface area contributed by atoms with Gasteiger partial charge in [-0.1, -0.05) is 18.2 Å². The summed E-state index contributed by atoms with van der Waals surface area (Å²) < 4.78 is 1.22. The second-order valence-electron chi connectivity index (χ2n) is 5.02. The average Bonchev–Trinajstić information content (AvgIpc) is 2.88. The topological polar surface area (TPSA) is 36.7 Å². The molecule has 0 N–H and O–H groups in total. The number of hydrogen-bond donors (Lipinski definition) is 0. The van der Waals surface area contributed by atoms with E-state index in [1.807, 2.05) is 36.4 Å². The van der Waals surface area contributed by atoms with Gasteiger partial charge in [0, 0.05) is 0 Å². The number of thiazole rings is 1. The summed E-state index contributed by atoms with van der Waals surface area (Å²) in [6.07, 6.45) is 4.05. The minimum Gasteiger partial charge on any atom is -0.237 e. The third-order valence-electron chi connectivity index (χ3n) is 3.48. The van der Waals surface area contributed by atoms with Crippen LogP contribution in [0.25, 0.3) is 22.4 Å². The van der Waals surface area contributed by atoms with Crippen LogP contribution in [0.1, 0.15) is 27.3 Å². The van der Waals surface area contributed by atoms with Crippen LogP contribution < -0.4 is 0 Å². The number of aryl methyl sites for hydroxylation is 2. The van der Waals surface area contributed by atoms with Crippen molar-refractivity contribution in [1.82, 2.24) is 4.98 Å². The molecule has 0 aliphatic rings. The van der Waals surface area contributed by atoms with Crippen LogP contribution in [0.3, 0.4) is 0 Å². The smallest absolute Gasteiger partial charge is 0.117 e. The maximum Gasteiger partial charge on any atom is 0.117 e. The lowest BCUT2D eigenvalue weighted by molar-refractivity contribution is 1.35. The molecule has 0 radical (unpaired) electrons. The summed E-state index contributed by atoms with van der Waals surface area (Å²) in [6.45, 7) is 4.24. The lowest BCUT2D eigenvalue weighted by atomic mass is 10.1. The van der Waals surface area contributed by atoms with Crippen molar-refractivity contribution in [2.75, 3.05) is 0 Å². The molecule has 3 aromatic rings. The molecule has 1 aromatic heterocycles. The third kappa shape index (κ3) is 2.86. The van der Waals surface area contributed by atoms with Crippen molar-refractivity contribution in [1.29, 1.82) is 5.26 Å². The molecule has 2 nitrogen and oxygen atoms in total. The van der Waals surface area contributed by atoms with Crippen LogP contribution in [-0.4, -0.2) is 4.98 Å². The first kappa shape index (κ1) is 13.5.